The van der Waals surface area contributed by atoms with Crippen molar-refractivity contribution in [2.45, 2.75) is 13.0 Å². The Kier molecular flexibility index (Phi) is 7.34. The van der Waals surface area contributed by atoms with Crippen molar-refractivity contribution in [1.29, 1.82) is 0 Å². The highest BCUT2D eigenvalue weighted by atomic mass is 16.5. The van der Waals surface area contributed by atoms with Gasteiger partial charge in [-0.1, -0.05) is 42.5 Å². The molecule has 0 spiro atoms. The molecule has 156 valence electrons. The van der Waals surface area contributed by atoms with Crippen LogP contribution in [0.5, 0.6) is 0 Å². The van der Waals surface area contributed by atoms with E-state index in [-0.39, 0.29) is 24.0 Å². The first kappa shape index (κ1) is 21.3. The van der Waals surface area contributed by atoms with E-state index in [1.54, 1.807) is 12.0 Å². The van der Waals surface area contributed by atoms with E-state index in [0.717, 1.165) is 11.1 Å². The minimum Gasteiger partial charge on any atom is -0.464 e. The number of ether oxygens (including phenoxy) is 2. The van der Waals surface area contributed by atoms with Crippen LogP contribution in [0.15, 0.2) is 65.3 Å². The number of esters is 1. The fourth-order valence-electron chi connectivity index (χ4n) is 3.02. The molecule has 30 heavy (non-hydrogen) atoms. The second kappa shape index (κ2) is 10.4. The van der Waals surface area contributed by atoms with Crippen molar-refractivity contribution in [3.05, 3.63) is 78.0 Å². The molecule has 1 amide bonds. The quantitative estimate of drug-likeness (QED) is 0.396. The molecule has 0 saturated heterocycles. The number of nitrogens with zero attached hydrogens (tertiary/aromatic N) is 2. The van der Waals surface area contributed by atoms with Gasteiger partial charge in [-0.15, -0.1) is 0 Å². The molecule has 1 aromatic heterocycles. The fourth-order valence-corrected chi connectivity index (χ4v) is 3.02. The smallest absolute Gasteiger partial charge is 0.360 e. The maximum Gasteiger partial charge on any atom is 0.360 e. The highest BCUT2D eigenvalue weighted by Crippen LogP contribution is 2.20. The van der Waals surface area contributed by atoms with Crippen molar-refractivity contribution in [1.82, 2.24) is 9.88 Å². The molecule has 0 saturated carbocycles. The Hall–Kier alpha value is -3.45. The zero-order valence-corrected chi connectivity index (χ0v) is 17.0. The summed E-state index contributed by atoms with van der Waals surface area (Å²) in [5.74, 6) is -0.468. The third-order valence-corrected chi connectivity index (χ3v) is 4.58. The van der Waals surface area contributed by atoms with Crippen LogP contribution in [0.4, 0.5) is 0 Å². The molecule has 2 aromatic carbocycles. The highest BCUT2D eigenvalue weighted by molar-refractivity contribution is 5.94. The largest absolute Gasteiger partial charge is 0.464 e. The van der Waals surface area contributed by atoms with Crippen LogP contribution in [0.25, 0.3) is 11.1 Å². The monoisotopic (exact) mass is 408 g/mol. The van der Waals surface area contributed by atoms with Gasteiger partial charge >= 0.3 is 5.97 Å². The van der Waals surface area contributed by atoms with E-state index in [9.17, 15) is 9.59 Å². The number of hydrogen-bond donors (Lipinski definition) is 0. The minimum absolute atomic E-state index is 0.0732. The van der Waals surface area contributed by atoms with Gasteiger partial charge in [0.25, 0.3) is 5.91 Å². The van der Waals surface area contributed by atoms with Gasteiger partial charge in [0, 0.05) is 25.8 Å². The van der Waals surface area contributed by atoms with Crippen molar-refractivity contribution < 1.29 is 23.5 Å². The lowest BCUT2D eigenvalue weighted by Crippen LogP contribution is -2.32. The van der Waals surface area contributed by atoms with Crippen molar-refractivity contribution >= 4 is 11.9 Å². The van der Waals surface area contributed by atoms with Gasteiger partial charge in [-0.2, -0.15) is 0 Å². The first-order chi connectivity index (χ1) is 14.6. The molecule has 0 aliphatic carbocycles. The van der Waals surface area contributed by atoms with Gasteiger partial charge in [-0.05, 0) is 29.7 Å². The van der Waals surface area contributed by atoms with Crippen molar-refractivity contribution in [3.8, 4) is 11.1 Å². The summed E-state index contributed by atoms with van der Waals surface area (Å²) in [6.45, 7) is 1.12. The third-order valence-electron chi connectivity index (χ3n) is 4.58. The molecule has 0 atom stereocenters. The number of rotatable bonds is 9. The first-order valence-corrected chi connectivity index (χ1v) is 9.58. The summed E-state index contributed by atoms with van der Waals surface area (Å²) >= 11 is 0. The Bertz CT molecular complexity index is 967. The molecule has 0 aliphatic heterocycles. The number of carbonyl (C=O) groups is 2. The Morgan fingerprint density at radius 1 is 1.00 bits per heavy atom. The van der Waals surface area contributed by atoms with Crippen LogP contribution in [0.2, 0.25) is 0 Å². The van der Waals surface area contributed by atoms with Crippen molar-refractivity contribution in [3.63, 3.8) is 0 Å². The number of aromatic nitrogens is 1. The predicted molar refractivity (Wildman–Crippen MR) is 111 cm³/mol. The highest BCUT2D eigenvalue weighted by Gasteiger charge is 2.20. The van der Waals surface area contributed by atoms with Gasteiger partial charge in [-0.25, -0.2) is 9.78 Å². The summed E-state index contributed by atoms with van der Waals surface area (Å²) in [7, 11) is 2.89. The maximum absolute atomic E-state index is 13.1. The van der Waals surface area contributed by atoms with Crippen LogP contribution in [-0.2, 0) is 16.0 Å². The van der Waals surface area contributed by atoms with Gasteiger partial charge in [0.1, 0.15) is 6.26 Å². The minimum atomic E-state index is -0.584. The lowest BCUT2D eigenvalue weighted by atomic mass is 10.0. The van der Waals surface area contributed by atoms with E-state index in [0.29, 0.717) is 25.1 Å². The van der Waals surface area contributed by atoms with Gasteiger partial charge in [0.2, 0.25) is 5.89 Å². The molecule has 3 rings (SSSR count). The molecule has 7 heteroatoms. The standard InChI is InChI=1S/C23H24N2O5/c1-28-14-6-13-25(15-21-24-20(16-30-21)23(27)29-2)22(26)19-11-9-18(10-12-19)17-7-4-3-5-8-17/h3-5,7-12,16H,6,13-15H2,1-2H3. The number of methoxy groups -OCH3 is 2. The summed E-state index contributed by atoms with van der Waals surface area (Å²) < 4.78 is 15.1. The SMILES string of the molecule is COCCCN(Cc1nc(C(=O)OC)co1)C(=O)c1ccc(-c2ccccc2)cc1. The van der Waals surface area contributed by atoms with Crippen LogP contribution < -0.4 is 0 Å². The van der Waals surface area contributed by atoms with E-state index in [1.165, 1.54) is 13.4 Å². The lowest BCUT2D eigenvalue weighted by Gasteiger charge is -2.21. The van der Waals surface area contributed by atoms with E-state index in [2.05, 4.69) is 9.72 Å². The molecule has 0 unspecified atom stereocenters. The zero-order chi connectivity index (χ0) is 21.3. The van der Waals surface area contributed by atoms with Crippen LogP contribution in [0.1, 0.15) is 33.2 Å². The van der Waals surface area contributed by atoms with E-state index < -0.39 is 5.97 Å². The molecule has 0 aliphatic rings. The van der Waals surface area contributed by atoms with Crippen molar-refractivity contribution in [2.75, 3.05) is 27.4 Å². The van der Waals surface area contributed by atoms with Gasteiger partial charge in [0.15, 0.2) is 5.69 Å². The lowest BCUT2D eigenvalue weighted by molar-refractivity contribution is 0.0594. The van der Waals surface area contributed by atoms with Crippen LogP contribution in [0, 0.1) is 0 Å². The number of hydrogen-bond acceptors (Lipinski definition) is 6. The molecule has 0 N–H and O–H groups in total. The Labute approximate surface area is 175 Å². The molecule has 0 fully saturated rings. The average molecular weight is 408 g/mol. The fraction of sp³-hybridized carbons (Fsp3) is 0.261. The first-order valence-electron chi connectivity index (χ1n) is 9.58. The Balaban J connectivity index is 1.76. The molecule has 7 nitrogen and oxygen atoms in total. The summed E-state index contributed by atoms with van der Waals surface area (Å²) in [4.78, 5) is 30.4. The second-order valence-corrected chi connectivity index (χ2v) is 6.63. The van der Waals surface area contributed by atoms with Gasteiger partial charge in [0.05, 0.1) is 13.7 Å². The topological polar surface area (TPSA) is 81.9 Å². The summed E-state index contributed by atoms with van der Waals surface area (Å²) in [5.41, 5.74) is 2.76. The maximum atomic E-state index is 13.1. The molecule has 3 aromatic rings. The van der Waals surface area contributed by atoms with E-state index in [4.69, 9.17) is 9.15 Å². The number of benzene rings is 2. The van der Waals surface area contributed by atoms with E-state index in [1.807, 2.05) is 54.6 Å². The normalized spacial score (nSPS) is 10.6. The average Bonchev–Trinajstić information content (AvgIpc) is 3.27. The molecule has 0 bridgehead atoms. The summed E-state index contributed by atoms with van der Waals surface area (Å²) in [5, 5.41) is 0. The van der Waals surface area contributed by atoms with Crippen LogP contribution in [-0.4, -0.2) is 49.1 Å². The van der Waals surface area contributed by atoms with Gasteiger partial charge in [-0.3, -0.25) is 4.79 Å². The second-order valence-electron chi connectivity index (χ2n) is 6.63. The number of carbonyl (C=O) groups excluding carboxylic acids is 2. The number of oxazole rings is 1. The zero-order valence-electron chi connectivity index (χ0n) is 17.0. The summed E-state index contributed by atoms with van der Waals surface area (Å²) in [6.07, 6.45) is 1.89. The third kappa shape index (κ3) is 5.33. The predicted octanol–water partition coefficient (Wildman–Crippen LogP) is 3.81. The molecule has 1 heterocycles. The number of amides is 1. The Morgan fingerprint density at radius 3 is 2.37 bits per heavy atom. The summed E-state index contributed by atoms with van der Waals surface area (Å²) in [6, 6.07) is 17.4. The molecule has 0 radical (unpaired) electrons. The van der Waals surface area contributed by atoms with Crippen molar-refractivity contribution in [2.24, 2.45) is 0 Å². The van der Waals surface area contributed by atoms with Crippen LogP contribution in [0.3, 0.4) is 0 Å². The van der Waals surface area contributed by atoms with Gasteiger partial charge < -0.3 is 18.8 Å². The van der Waals surface area contributed by atoms with E-state index >= 15 is 0 Å². The van der Waals surface area contributed by atoms with Crippen LogP contribution >= 0.6 is 0 Å². The molecular weight excluding hydrogens is 384 g/mol. The molecular formula is C23H24N2O5. The Morgan fingerprint density at radius 2 is 1.70 bits per heavy atom.